The summed E-state index contributed by atoms with van der Waals surface area (Å²) in [5.74, 6) is 0.0389. The summed E-state index contributed by atoms with van der Waals surface area (Å²) in [5, 5.41) is 0. The van der Waals surface area contributed by atoms with Crippen molar-refractivity contribution in [3.05, 3.63) is 59.7 Å². The lowest BCUT2D eigenvalue weighted by Gasteiger charge is -2.17. The largest absolute Gasteiger partial charge is 0.312 e. The smallest absolute Gasteiger partial charge is 0.231 e. The first-order chi connectivity index (χ1) is 10.4. The van der Waals surface area contributed by atoms with Crippen molar-refractivity contribution in [3.63, 3.8) is 0 Å². The molecule has 1 aliphatic rings. The summed E-state index contributed by atoms with van der Waals surface area (Å²) in [4.78, 5) is 14.5. The van der Waals surface area contributed by atoms with E-state index in [4.69, 9.17) is 0 Å². The molecule has 0 spiro atoms. The average Bonchev–Trinajstić information content (AvgIpc) is 2.91. The van der Waals surface area contributed by atoms with E-state index in [0.717, 1.165) is 17.7 Å². The van der Waals surface area contributed by atoms with Crippen molar-refractivity contribution in [2.45, 2.75) is 17.7 Å². The second-order valence-electron chi connectivity index (χ2n) is 5.52. The van der Waals surface area contributed by atoms with Gasteiger partial charge in [0.15, 0.2) is 9.84 Å². The molecule has 1 aliphatic heterocycles. The van der Waals surface area contributed by atoms with Gasteiger partial charge >= 0.3 is 0 Å². The number of fused-ring (bicyclic) bond motifs is 1. The summed E-state index contributed by atoms with van der Waals surface area (Å²) < 4.78 is 22.9. The molecule has 2 aromatic rings. The molecule has 0 aromatic heterocycles. The van der Waals surface area contributed by atoms with E-state index in [1.54, 1.807) is 29.2 Å². The van der Waals surface area contributed by atoms with Crippen molar-refractivity contribution < 1.29 is 13.2 Å². The van der Waals surface area contributed by atoms with Crippen molar-refractivity contribution in [2.24, 2.45) is 0 Å². The van der Waals surface area contributed by atoms with Crippen LogP contribution in [0.25, 0.3) is 0 Å². The number of anilines is 1. The van der Waals surface area contributed by atoms with Gasteiger partial charge in [-0.2, -0.15) is 0 Å². The molecule has 0 fully saturated rings. The normalized spacial score (nSPS) is 14.0. The van der Waals surface area contributed by atoms with Crippen molar-refractivity contribution in [2.75, 3.05) is 17.7 Å². The zero-order valence-electron chi connectivity index (χ0n) is 12.3. The first-order valence-corrected chi connectivity index (χ1v) is 9.01. The van der Waals surface area contributed by atoms with Gasteiger partial charge in [-0.15, -0.1) is 0 Å². The Hall–Kier alpha value is -2.14. The van der Waals surface area contributed by atoms with Crippen molar-refractivity contribution >= 4 is 21.4 Å². The summed E-state index contributed by atoms with van der Waals surface area (Å²) in [5.41, 5.74) is 3.00. The first-order valence-electron chi connectivity index (χ1n) is 7.12. The van der Waals surface area contributed by atoms with Gasteiger partial charge in [-0.25, -0.2) is 8.42 Å². The van der Waals surface area contributed by atoms with Gasteiger partial charge in [-0.3, -0.25) is 4.79 Å². The lowest BCUT2D eigenvalue weighted by atomic mass is 10.1. The monoisotopic (exact) mass is 315 g/mol. The molecule has 0 unspecified atom stereocenters. The Morgan fingerprint density at radius 2 is 1.77 bits per heavy atom. The number of rotatable bonds is 3. The Bertz CT molecular complexity index is 810. The number of para-hydroxylation sites is 1. The third kappa shape index (κ3) is 2.90. The van der Waals surface area contributed by atoms with Crippen LogP contribution in [-0.4, -0.2) is 27.1 Å². The maximum absolute atomic E-state index is 12.5. The number of hydrogen-bond acceptors (Lipinski definition) is 3. The molecule has 3 rings (SSSR count). The van der Waals surface area contributed by atoms with Gasteiger partial charge in [0.05, 0.1) is 11.3 Å². The van der Waals surface area contributed by atoms with Gasteiger partial charge in [0, 0.05) is 18.5 Å². The fourth-order valence-electron chi connectivity index (χ4n) is 2.72. The fourth-order valence-corrected chi connectivity index (χ4v) is 3.35. The molecule has 22 heavy (non-hydrogen) atoms. The Kier molecular flexibility index (Phi) is 3.74. The van der Waals surface area contributed by atoms with Crippen LogP contribution in [0.5, 0.6) is 0 Å². The molecular formula is C17H17NO3S. The van der Waals surface area contributed by atoms with Crippen LogP contribution in [-0.2, 0) is 27.5 Å². The summed E-state index contributed by atoms with van der Waals surface area (Å²) in [7, 11) is -3.20. The molecule has 1 amide bonds. The molecule has 4 nitrogen and oxygen atoms in total. The third-order valence-corrected chi connectivity index (χ3v) is 5.02. The van der Waals surface area contributed by atoms with E-state index >= 15 is 0 Å². The molecule has 1 heterocycles. The van der Waals surface area contributed by atoms with Crippen LogP contribution >= 0.6 is 0 Å². The zero-order valence-corrected chi connectivity index (χ0v) is 13.1. The topological polar surface area (TPSA) is 54.5 Å². The highest BCUT2D eigenvalue weighted by molar-refractivity contribution is 7.90. The number of carbonyl (C=O) groups is 1. The molecule has 2 aromatic carbocycles. The fraction of sp³-hybridized carbons (Fsp3) is 0.235. The highest BCUT2D eigenvalue weighted by atomic mass is 32.2. The first kappa shape index (κ1) is 14.8. The molecule has 0 aliphatic carbocycles. The SMILES string of the molecule is CS(=O)(=O)c1ccc(CC(=O)N2CCc3ccccc32)cc1. The summed E-state index contributed by atoms with van der Waals surface area (Å²) in [6, 6.07) is 14.4. The molecule has 0 saturated carbocycles. The van der Waals surface area contributed by atoms with Crippen molar-refractivity contribution in [1.82, 2.24) is 0 Å². The molecule has 0 N–H and O–H groups in total. The van der Waals surface area contributed by atoms with Gasteiger partial charge in [0.2, 0.25) is 5.91 Å². The van der Waals surface area contributed by atoms with Crippen LogP contribution in [0, 0.1) is 0 Å². The molecule has 0 radical (unpaired) electrons. The minimum atomic E-state index is -3.20. The molecule has 0 bridgehead atoms. The molecule has 5 heteroatoms. The Balaban J connectivity index is 1.76. The van der Waals surface area contributed by atoms with Crippen LogP contribution in [0.3, 0.4) is 0 Å². The zero-order chi connectivity index (χ0) is 15.7. The lowest BCUT2D eigenvalue weighted by molar-refractivity contribution is -0.117. The van der Waals surface area contributed by atoms with Crippen LogP contribution < -0.4 is 4.90 Å². The van der Waals surface area contributed by atoms with Gasteiger partial charge in [0.25, 0.3) is 0 Å². The van der Waals surface area contributed by atoms with Crippen LogP contribution in [0.1, 0.15) is 11.1 Å². The standard InChI is InChI=1S/C17H17NO3S/c1-22(20,21)15-8-6-13(7-9-15)12-17(19)18-11-10-14-4-2-3-5-16(14)18/h2-9H,10-12H2,1H3. The van der Waals surface area contributed by atoms with E-state index in [1.165, 1.54) is 11.8 Å². The van der Waals surface area contributed by atoms with Crippen LogP contribution in [0.2, 0.25) is 0 Å². The summed E-state index contributed by atoms with van der Waals surface area (Å²) >= 11 is 0. The van der Waals surface area contributed by atoms with Gasteiger partial charge in [-0.05, 0) is 35.7 Å². The summed E-state index contributed by atoms with van der Waals surface area (Å²) in [6.07, 6.45) is 2.33. The molecular weight excluding hydrogens is 298 g/mol. The van der Waals surface area contributed by atoms with Crippen molar-refractivity contribution in [3.8, 4) is 0 Å². The Morgan fingerprint density at radius 1 is 1.09 bits per heavy atom. The van der Waals surface area contributed by atoms with Crippen molar-refractivity contribution in [1.29, 1.82) is 0 Å². The number of sulfone groups is 1. The molecule has 114 valence electrons. The Labute approximate surface area is 130 Å². The van der Waals surface area contributed by atoms with E-state index in [9.17, 15) is 13.2 Å². The van der Waals surface area contributed by atoms with E-state index < -0.39 is 9.84 Å². The second kappa shape index (κ2) is 5.57. The third-order valence-electron chi connectivity index (χ3n) is 3.90. The van der Waals surface area contributed by atoms with Crippen LogP contribution in [0.15, 0.2) is 53.4 Å². The van der Waals surface area contributed by atoms with E-state index in [2.05, 4.69) is 0 Å². The molecule has 0 saturated heterocycles. The predicted molar refractivity (Wildman–Crippen MR) is 85.8 cm³/mol. The second-order valence-corrected chi connectivity index (χ2v) is 7.53. The number of amides is 1. The van der Waals surface area contributed by atoms with Gasteiger partial charge in [-0.1, -0.05) is 30.3 Å². The quantitative estimate of drug-likeness (QED) is 0.873. The summed E-state index contributed by atoms with van der Waals surface area (Å²) in [6.45, 7) is 0.708. The molecule has 0 atom stereocenters. The highest BCUT2D eigenvalue weighted by Crippen LogP contribution is 2.28. The minimum Gasteiger partial charge on any atom is -0.312 e. The Morgan fingerprint density at radius 3 is 2.45 bits per heavy atom. The number of nitrogens with zero attached hydrogens (tertiary/aromatic N) is 1. The van der Waals surface area contributed by atoms with E-state index in [1.807, 2.05) is 24.3 Å². The number of benzene rings is 2. The maximum Gasteiger partial charge on any atom is 0.231 e. The minimum absolute atomic E-state index is 0.0389. The van der Waals surface area contributed by atoms with Crippen LogP contribution in [0.4, 0.5) is 5.69 Å². The van der Waals surface area contributed by atoms with Gasteiger partial charge < -0.3 is 4.90 Å². The highest BCUT2D eigenvalue weighted by Gasteiger charge is 2.24. The number of carbonyl (C=O) groups excluding carboxylic acids is 1. The van der Waals surface area contributed by atoms with E-state index in [0.29, 0.717) is 6.54 Å². The number of hydrogen-bond donors (Lipinski definition) is 0. The predicted octanol–water partition coefficient (Wildman–Crippen LogP) is 2.22. The van der Waals surface area contributed by atoms with E-state index in [-0.39, 0.29) is 17.2 Å². The maximum atomic E-state index is 12.5. The lowest BCUT2D eigenvalue weighted by Crippen LogP contribution is -2.30. The average molecular weight is 315 g/mol. The van der Waals surface area contributed by atoms with Gasteiger partial charge in [0.1, 0.15) is 0 Å².